The maximum atomic E-state index is 13.0. The number of hydrogen-bond donors (Lipinski definition) is 1. The number of nitrogens with zero attached hydrogens (tertiary/aromatic N) is 2. The molecule has 1 aromatic heterocycles. The second kappa shape index (κ2) is 5.41. The summed E-state index contributed by atoms with van der Waals surface area (Å²) in [5.41, 5.74) is 0.410. The molecule has 0 aliphatic heterocycles. The van der Waals surface area contributed by atoms with Gasteiger partial charge in [-0.05, 0) is 46.3 Å². The van der Waals surface area contributed by atoms with Gasteiger partial charge in [-0.15, -0.1) is 10.2 Å². The SMILES string of the molecule is O=C(Nc1cc(F)ccc1Br)c1ccc(Cl)nn1. The van der Waals surface area contributed by atoms with E-state index < -0.39 is 11.7 Å². The first kappa shape index (κ1) is 12.9. The molecule has 0 radical (unpaired) electrons. The van der Waals surface area contributed by atoms with Gasteiger partial charge >= 0.3 is 0 Å². The van der Waals surface area contributed by atoms with E-state index >= 15 is 0 Å². The van der Waals surface area contributed by atoms with Crippen LogP contribution in [0.5, 0.6) is 0 Å². The van der Waals surface area contributed by atoms with E-state index in [0.717, 1.165) is 0 Å². The molecule has 92 valence electrons. The molecule has 1 aromatic carbocycles. The lowest BCUT2D eigenvalue weighted by Crippen LogP contribution is -2.14. The van der Waals surface area contributed by atoms with E-state index in [1.165, 1.54) is 30.3 Å². The summed E-state index contributed by atoms with van der Waals surface area (Å²) in [6.07, 6.45) is 0. The normalized spacial score (nSPS) is 10.2. The van der Waals surface area contributed by atoms with Crippen LogP contribution in [0.4, 0.5) is 10.1 Å². The quantitative estimate of drug-likeness (QED) is 0.919. The highest BCUT2D eigenvalue weighted by atomic mass is 79.9. The van der Waals surface area contributed by atoms with Gasteiger partial charge < -0.3 is 5.32 Å². The molecule has 4 nitrogen and oxygen atoms in total. The molecule has 0 spiro atoms. The number of amides is 1. The molecular weight excluding hydrogens is 324 g/mol. The second-order valence-electron chi connectivity index (χ2n) is 3.32. The molecule has 1 N–H and O–H groups in total. The van der Waals surface area contributed by atoms with Gasteiger partial charge in [0.1, 0.15) is 5.82 Å². The average molecular weight is 331 g/mol. The molecule has 0 aliphatic rings. The Bertz CT molecular complexity index is 591. The van der Waals surface area contributed by atoms with Crippen LogP contribution < -0.4 is 5.32 Å². The molecule has 2 aromatic rings. The number of carbonyl (C=O) groups excluding carboxylic acids is 1. The lowest BCUT2D eigenvalue weighted by atomic mass is 10.3. The van der Waals surface area contributed by atoms with E-state index in [1.54, 1.807) is 0 Å². The van der Waals surface area contributed by atoms with E-state index in [4.69, 9.17) is 11.6 Å². The predicted octanol–water partition coefficient (Wildman–Crippen LogP) is 3.28. The van der Waals surface area contributed by atoms with Crippen LogP contribution in [0.1, 0.15) is 10.5 Å². The van der Waals surface area contributed by atoms with E-state index in [2.05, 4.69) is 31.4 Å². The molecule has 1 amide bonds. The van der Waals surface area contributed by atoms with Crippen LogP contribution in [0, 0.1) is 5.82 Å². The minimum atomic E-state index is -0.495. The molecule has 0 saturated carbocycles. The molecule has 18 heavy (non-hydrogen) atoms. The summed E-state index contributed by atoms with van der Waals surface area (Å²) in [6.45, 7) is 0. The van der Waals surface area contributed by atoms with Crippen molar-refractivity contribution < 1.29 is 9.18 Å². The molecule has 1 heterocycles. The lowest BCUT2D eigenvalue weighted by Gasteiger charge is -2.06. The van der Waals surface area contributed by atoms with Gasteiger partial charge in [0.05, 0.1) is 5.69 Å². The van der Waals surface area contributed by atoms with Crippen LogP contribution in [-0.4, -0.2) is 16.1 Å². The molecular formula is C11H6BrClFN3O. The Hall–Kier alpha value is -1.53. The third-order valence-corrected chi connectivity index (χ3v) is 2.93. The highest BCUT2D eigenvalue weighted by Crippen LogP contribution is 2.23. The number of carbonyl (C=O) groups is 1. The first-order valence-electron chi connectivity index (χ1n) is 4.82. The van der Waals surface area contributed by atoms with Gasteiger partial charge in [-0.1, -0.05) is 11.6 Å². The Labute approximate surface area is 115 Å². The number of halogens is 3. The summed E-state index contributed by atoms with van der Waals surface area (Å²) in [6, 6.07) is 6.85. The third kappa shape index (κ3) is 3.02. The molecule has 0 aliphatic carbocycles. The third-order valence-electron chi connectivity index (χ3n) is 2.04. The Kier molecular flexibility index (Phi) is 3.88. The topological polar surface area (TPSA) is 54.9 Å². The van der Waals surface area contributed by atoms with Crippen LogP contribution >= 0.6 is 27.5 Å². The van der Waals surface area contributed by atoms with Crippen LogP contribution in [0.2, 0.25) is 5.15 Å². The second-order valence-corrected chi connectivity index (χ2v) is 4.56. The van der Waals surface area contributed by atoms with E-state index in [9.17, 15) is 9.18 Å². The van der Waals surface area contributed by atoms with Crippen LogP contribution in [0.25, 0.3) is 0 Å². The molecule has 0 saturated heterocycles. The van der Waals surface area contributed by atoms with E-state index in [-0.39, 0.29) is 10.8 Å². The van der Waals surface area contributed by atoms with Gasteiger partial charge in [0, 0.05) is 4.47 Å². The van der Waals surface area contributed by atoms with Gasteiger partial charge in [-0.25, -0.2) is 4.39 Å². The van der Waals surface area contributed by atoms with E-state index in [0.29, 0.717) is 10.2 Å². The van der Waals surface area contributed by atoms with Crippen molar-refractivity contribution in [2.75, 3.05) is 5.32 Å². The molecule has 7 heteroatoms. The summed E-state index contributed by atoms with van der Waals surface area (Å²) in [4.78, 5) is 11.8. The maximum Gasteiger partial charge on any atom is 0.276 e. The number of anilines is 1. The Morgan fingerprint density at radius 1 is 1.28 bits per heavy atom. The van der Waals surface area contributed by atoms with Gasteiger partial charge in [-0.3, -0.25) is 4.79 Å². The van der Waals surface area contributed by atoms with Crippen LogP contribution in [-0.2, 0) is 0 Å². The molecule has 2 rings (SSSR count). The van der Waals surface area contributed by atoms with Gasteiger partial charge in [-0.2, -0.15) is 0 Å². The predicted molar refractivity (Wildman–Crippen MR) is 69.1 cm³/mol. The molecule has 0 bridgehead atoms. The summed E-state index contributed by atoms with van der Waals surface area (Å²) >= 11 is 8.76. The minimum absolute atomic E-state index is 0.0931. The van der Waals surface area contributed by atoms with Crippen LogP contribution in [0.3, 0.4) is 0 Å². The summed E-state index contributed by atoms with van der Waals surface area (Å²) < 4.78 is 13.6. The fourth-order valence-electron chi connectivity index (χ4n) is 1.22. The first-order valence-corrected chi connectivity index (χ1v) is 5.99. The smallest absolute Gasteiger partial charge is 0.276 e. The molecule has 0 unspecified atom stereocenters. The van der Waals surface area contributed by atoms with Gasteiger partial charge in [0.2, 0.25) is 0 Å². The Morgan fingerprint density at radius 3 is 2.72 bits per heavy atom. The zero-order valence-electron chi connectivity index (χ0n) is 8.82. The number of hydrogen-bond acceptors (Lipinski definition) is 3. The van der Waals surface area contributed by atoms with E-state index in [1.807, 2.05) is 0 Å². The van der Waals surface area contributed by atoms with Gasteiger partial charge in [0.25, 0.3) is 5.91 Å². The maximum absolute atomic E-state index is 13.0. The van der Waals surface area contributed by atoms with Crippen molar-refractivity contribution in [2.45, 2.75) is 0 Å². The van der Waals surface area contributed by atoms with Crippen molar-refractivity contribution in [2.24, 2.45) is 0 Å². The monoisotopic (exact) mass is 329 g/mol. The number of nitrogens with one attached hydrogen (secondary N) is 1. The minimum Gasteiger partial charge on any atom is -0.319 e. The zero-order valence-corrected chi connectivity index (χ0v) is 11.2. The summed E-state index contributed by atoms with van der Waals surface area (Å²) in [7, 11) is 0. The van der Waals surface area contributed by atoms with Crippen molar-refractivity contribution >= 4 is 39.1 Å². The van der Waals surface area contributed by atoms with Crippen molar-refractivity contribution in [3.05, 3.63) is 51.5 Å². The Morgan fingerprint density at radius 2 is 2.06 bits per heavy atom. The highest BCUT2D eigenvalue weighted by Gasteiger charge is 2.10. The summed E-state index contributed by atoms with van der Waals surface area (Å²) in [5.74, 6) is -0.943. The number of aromatic nitrogens is 2. The van der Waals surface area contributed by atoms with Crippen LogP contribution in [0.15, 0.2) is 34.8 Å². The van der Waals surface area contributed by atoms with Crippen molar-refractivity contribution in [3.8, 4) is 0 Å². The fourth-order valence-corrected chi connectivity index (χ4v) is 1.66. The number of benzene rings is 1. The standard InChI is InChI=1S/C11H6BrClFN3O/c12-7-2-1-6(14)5-9(7)15-11(18)8-3-4-10(13)17-16-8/h1-5H,(H,15,18). The van der Waals surface area contributed by atoms with Gasteiger partial charge in [0.15, 0.2) is 10.8 Å². The average Bonchev–Trinajstić information content (AvgIpc) is 2.34. The lowest BCUT2D eigenvalue weighted by molar-refractivity contribution is 0.102. The molecule has 0 atom stereocenters. The van der Waals surface area contributed by atoms with Crippen molar-refractivity contribution in [1.29, 1.82) is 0 Å². The fraction of sp³-hybridized carbons (Fsp3) is 0. The first-order chi connectivity index (χ1) is 8.56. The van der Waals surface area contributed by atoms with Crippen molar-refractivity contribution in [1.82, 2.24) is 10.2 Å². The Balaban J connectivity index is 2.21. The molecule has 0 fully saturated rings. The number of rotatable bonds is 2. The van der Waals surface area contributed by atoms with Crippen molar-refractivity contribution in [3.63, 3.8) is 0 Å². The highest BCUT2D eigenvalue weighted by molar-refractivity contribution is 9.10. The zero-order chi connectivity index (χ0) is 13.1. The largest absolute Gasteiger partial charge is 0.319 e. The summed E-state index contributed by atoms with van der Waals surface area (Å²) in [5, 5.41) is 9.88.